The predicted octanol–water partition coefficient (Wildman–Crippen LogP) is 0.625. The van der Waals surface area contributed by atoms with Crippen molar-refractivity contribution in [2.75, 3.05) is 19.0 Å². The smallest absolute Gasteiger partial charge is 0.362 e. The number of aromatic nitrogens is 1. The first-order valence-electron chi connectivity index (χ1n) is 4.67. The molecule has 0 saturated heterocycles. The van der Waals surface area contributed by atoms with Gasteiger partial charge in [-0.15, -0.1) is 11.3 Å². The summed E-state index contributed by atoms with van der Waals surface area (Å²) in [5.74, 6) is -0.627. The van der Waals surface area contributed by atoms with Gasteiger partial charge in [0.05, 0.1) is 6.61 Å². The number of hydrogen-bond acceptors (Lipinski definition) is 7. The lowest BCUT2D eigenvalue weighted by molar-refractivity contribution is -0.135. The minimum absolute atomic E-state index is 0.0375. The average Bonchev–Trinajstić information content (AvgIpc) is 2.75. The van der Waals surface area contributed by atoms with Gasteiger partial charge in [0.1, 0.15) is 12.8 Å². The number of nitrogens with zero attached hydrogens (tertiary/aromatic N) is 2. The zero-order valence-electron chi connectivity index (χ0n) is 9.30. The highest BCUT2D eigenvalue weighted by Crippen LogP contribution is 2.15. The van der Waals surface area contributed by atoms with Crippen LogP contribution in [0.4, 0.5) is 5.13 Å². The number of ether oxygens (including phenoxy) is 1. The molecule has 1 rings (SSSR count). The fourth-order valence-corrected chi connectivity index (χ4v) is 1.63. The summed E-state index contributed by atoms with van der Waals surface area (Å²) >= 11 is 1.17. The molecule has 8 heteroatoms. The van der Waals surface area contributed by atoms with E-state index in [2.05, 4.69) is 20.3 Å². The van der Waals surface area contributed by atoms with Crippen molar-refractivity contribution in [3.63, 3.8) is 0 Å². The summed E-state index contributed by atoms with van der Waals surface area (Å²) in [6.45, 7) is 1.91. The number of rotatable bonds is 6. The molecular weight excluding hydrogens is 246 g/mol. The van der Waals surface area contributed by atoms with Crippen molar-refractivity contribution in [1.82, 2.24) is 4.98 Å². The number of amides is 1. The summed E-state index contributed by atoms with van der Waals surface area (Å²) in [5, 5.41) is 7.87. The number of carbonyl (C=O) groups is 2. The van der Waals surface area contributed by atoms with Gasteiger partial charge < -0.3 is 14.9 Å². The summed E-state index contributed by atoms with van der Waals surface area (Å²) in [6.07, 6.45) is 0.500. The standard InChI is InChI=1S/C9H11N3O4S/c1-3-16-8(14)7(12-15-2)6-4-17-9(11-6)10-5-13/h4-5H,3H2,1-2H3,(H,10,11,13). The van der Waals surface area contributed by atoms with E-state index >= 15 is 0 Å². The molecule has 1 heterocycles. The summed E-state index contributed by atoms with van der Waals surface area (Å²) in [5.41, 5.74) is 0.254. The molecule has 0 aliphatic rings. The molecule has 0 aliphatic carbocycles. The molecule has 17 heavy (non-hydrogen) atoms. The van der Waals surface area contributed by atoms with Crippen LogP contribution in [0.1, 0.15) is 12.6 Å². The highest BCUT2D eigenvalue weighted by atomic mass is 32.1. The SMILES string of the molecule is CCOC(=O)C(=NOC)c1csc(NC=O)n1. The van der Waals surface area contributed by atoms with Gasteiger partial charge in [0.2, 0.25) is 12.1 Å². The fraction of sp³-hybridized carbons (Fsp3) is 0.333. The van der Waals surface area contributed by atoms with Crippen LogP contribution in [0.25, 0.3) is 0 Å². The number of esters is 1. The van der Waals surface area contributed by atoms with Gasteiger partial charge in [-0.1, -0.05) is 5.16 Å². The Balaban J connectivity index is 2.93. The van der Waals surface area contributed by atoms with E-state index in [0.29, 0.717) is 17.2 Å². The van der Waals surface area contributed by atoms with Crippen LogP contribution in [0.5, 0.6) is 0 Å². The van der Waals surface area contributed by atoms with Crippen molar-refractivity contribution in [3.8, 4) is 0 Å². The van der Waals surface area contributed by atoms with E-state index in [0.717, 1.165) is 0 Å². The van der Waals surface area contributed by atoms with E-state index < -0.39 is 5.97 Å². The van der Waals surface area contributed by atoms with Gasteiger partial charge in [-0.2, -0.15) is 0 Å². The highest BCUT2D eigenvalue weighted by Gasteiger charge is 2.19. The lowest BCUT2D eigenvalue weighted by atomic mass is 10.3. The summed E-state index contributed by atoms with van der Waals surface area (Å²) in [4.78, 5) is 30.3. The maximum absolute atomic E-state index is 11.5. The highest BCUT2D eigenvalue weighted by molar-refractivity contribution is 7.14. The Labute approximate surface area is 101 Å². The van der Waals surface area contributed by atoms with Crippen LogP contribution in [-0.4, -0.2) is 36.8 Å². The Kier molecular flexibility index (Phi) is 5.08. The zero-order valence-corrected chi connectivity index (χ0v) is 10.1. The number of anilines is 1. The third-order valence-corrected chi connectivity index (χ3v) is 2.35. The minimum atomic E-state index is -0.627. The van der Waals surface area contributed by atoms with Crippen molar-refractivity contribution in [3.05, 3.63) is 11.1 Å². The normalized spacial score (nSPS) is 10.8. The summed E-state index contributed by atoms with van der Waals surface area (Å²) < 4.78 is 4.81. The Morgan fingerprint density at radius 2 is 2.47 bits per heavy atom. The van der Waals surface area contributed by atoms with E-state index in [-0.39, 0.29) is 12.3 Å². The topological polar surface area (TPSA) is 89.9 Å². The molecule has 92 valence electrons. The Hall–Kier alpha value is -1.96. The van der Waals surface area contributed by atoms with Crippen LogP contribution >= 0.6 is 11.3 Å². The lowest BCUT2D eigenvalue weighted by Gasteiger charge is -2.01. The Morgan fingerprint density at radius 3 is 3.06 bits per heavy atom. The van der Waals surface area contributed by atoms with Crippen molar-refractivity contribution >= 4 is 34.6 Å². The molecule has 0 atom stereocenters. The molecule has 1 aromatic rings. The van der Waals surface area contributed by atoms with Gasteiger partial charge >= 0.3 is 5.97 Å². The molecule has 0 fully saturated rings. The zero-order chi connectivity index (χ0) is 12.7. The average molecular weight is 257 g/mol. The van der Waals surface area contributed by atoms with Crippen molar-refractivity contribution in [2.24, 2.45) is 5.16 Å². The molecule has 7 nitrogen and oxygen atoms in total. The summed E-state index contributed by atoms with van der Waals surface area (Å²) in [7, 11) is 1.32. The monoisotopic (exact) mass is 257 g/mol. The Morgan fingerprint density at radius 1 is 1.71 bits per heavy atom. The third kappa shape index (κ3) is 3.52. The van der Waals surface area contributed by atoms with Crippen molar-refractivity contribution in [1.29, 1.82) is 0 Å². The van der Waals surface area contributed by atoms with Gasteiger partial charge in [-0.3, -0.25) is 4.79 Å². The second-order valence-electron chi connectivity index (χ2n) is 2.64. The molecule has 0 bridgehead atoms. The van der Waals surface area contributed by atoms with E-state index in [9.17, 15) is 9.59 Å². The van der Waals surface area contributed by atoms with E-state index in [1.807, 2.05) is 0 Å². The number of thiazole rings is 1. The van der Waals surface area contributed by atoms with Gasteiger partial charge in [-0.05, 0) is 6.92 Å². The molecule has 0 unspecified atom stereocenters. The van der Waals surface area contributed by atoms with Crippen LogP contribution < -0.4 is 5.32 Å². The first-order chi connectivity index (χ1) is 8.22. The molecule has 0 aliphatic heterocycles. The second-order valence-corrected chi connectivity index (χ2v) is 3.50. The van der Waals surface area contributed by atoms with Crippen LogP contribution in [0.2, 0.25) is 0 Å². The lowest BCUT2D eigenvalue weighted by Crippen LogP contribution is -2.19. The first-order valence-corrected chi connectivity index (χ1v) is 5.55. The second kappa shape index (κ2) is 6.59. The number of hydrogen-bond donors (Lipinski definition) is 1. The molecule has 0 spiro atoms. The molecule has 0 aromatic carbocycles. The molecule has 0 saturated carbocycles. The van der Waals surface area contributed by atoms with Crippen LogP contribution in [-0.2, 0) is 19.2 Å². The van der Waals surface area contributed by atoms with Crippen LogP contribution in [0.15, 0.2) is 10.5 Å². The van der Waals surface area contributed by atoms with Crippen molar-refractivity contribution in [2.45, 2.75) is 6.92 Å². The molecule has 1 N–H and O–H groups in total. The molecular formula is C9H11N3O4S. The predicted molar refractivity (Wildman–Crippen MR) is 62.0 cm³/mol. The van der Waals surface area contributed by atoms with E-state index in [1.54, 1.807) is 12.3 Å². The van der Waals surface area contributed by atoms with Gasteiger partial charge in [0, 0.05) is 5.38 Å². The fourth-order valence-electron chi connectivity index (χ4n) is 0.979. The maximum atomic E-state index is 11.5. The maximum Gasteiger partial charge on any atom is 0.362 e. The van der Waals surface area contributed by atoms with E-state index in [4.69, 9.17) is 4.74 Å². The van der Waals surface area contributed by atoms with Gasteiger partial charge in [-0.25, -0.2) is 9.78 Å². The third-order valence-electron chi connectivity index (χ3n) is 1.58. The number of oxime groups is 1. The Bertz CT molecular complexity index is 430. The first kappa shape index (κ1) is 13.1. The minimum Gasteiger partial charge on any atom is -0.461 e. The quantitative estimate of drug-likeness (QED) is 0.349. The van der Waals surface area contributed by atoms with Crippen molar-refractivity contribution < 1.29 is 19.2 Å². The molecule has 0 radical (unpaired) electrons. The van der Waals surface area contributed by atoms with Gasteiger partial charge in [0.15, 0.2) is 5.13 Å². The summed E-state index contributed by atoms with van der Waals surface area (Å²) in [6, 6.07) is 0. The molecule has 1 aromatic heterocycles. The van der Waals surface area contributed by atoms with Crippen LogP contribution in [0, 0.1) is 0 Å². The number of carbonyl (C=O) groups excluding carboxylic acids is 2. The van der Waals surface area contributed by atoms with E-state index in [1.165, 1.54) is 18.4 Å². The van der Waals surface area contributed by atoms with Crippen LogP contribution in [0.3, 0.4) is 0 Å². The largest absolute Gasteiger partial charge is 0.461 e. The number of nitrogens with one attached hydrogen (secondary N) is 1. The van der Waals surface area contributed by atoms with Gasteiger partial charge in [0.25, 0.3) is 0 Å². The molecule has 1 amide bonds.